The van der Waals surface area contributed by atoms with Crippen LogP contribution in [0, 0.1) is 0 Å². The van der Waals surface area contributed by atoms with Crippen molar-refractivity contribution in [3.63, 3.8) is 0 Å². The Morgan fingerprint density at radius 2 is 2.20 bits per heavy atom. The van der Waals surface area contributed by atoms with E-state index in [1.54, 1.807) is 4.90 Å². The molecule has 6 heteroatoms. The van der Waals surface area contributed by atoms with Gasteiger partial charge >= 0.3 is 0 Å². The van der Waals surface area contributed by atoms with Crippen LogP contribution in [0.5, 0.6) is 0 Å². The van der Waals surface area contributed by atoms with Gasteiger partial charge in [0.05, 0.1) is 13.0 Å². The van der Waals surface area contributed by atoms with Crippen LogP contribution in [0.25, 0.3) is 0 Å². The number of ether oxygens (including phenoxy) is 1. The molecular weight excluding hydrogens is 272 g/mol. The van der Waals surface area contributed by atoms with Crippen LogP contribution in [0.1, 0.15) is 13.3 Å². The van der Waals surface area contributed by atoms with Crippen molar-refractivity contribution in [1.29, 1.82) is 0 Å². The molecule has 0 heterocycles. The Hall–Kier alpha value is -0.230. The summed E-state index contributed by atoms with van der Waals surface area (Å²) in [6.45, 7) is 2.59. The van der Waals surface area contributed by atoms with Gasteiger partial charge in [-0.1, -0.05) is 15.9 Å². The molecule has 0 aliphatic heterocycles. The van der Waals surface area contributed by atoms with Gasteiger partial charge in [-0.3, -0.25) is 4.79 Å². The summed E-state index contributed by atoms with van der Waals surface area (Å²) in [5.41, 5.74) is 0. The number of halogens is 3. The number of nitrogens with zero attached hydrogens (tertiary/aromatic N) is 1. The van der Waals surface area contributed by atoms with Crippen LogP contribution in [-0.4, -0.2) is 48.9 Å². The normalized spacial score (nSPS) is 10.7. The van der Waals surface area contributed by atoms with E-state index in [0.29, 0.717) is 18.4 Å². The second kappa shape index (κ2) is 9.03. The van der Waals surface area contributed by atoms with Gasteiger partial charge in [0.2, 0.25) is 5.91 Å². The van der Waals surface area contributed by atoms with E-state index in [0.717, 1.165) is 0 Å². The Balaban J connectivity index is 3.62. The molecule has 1 amide bonds. The maximum atomic E-state index is 11.7. The molecule has 90 valence electrons. The molecule has 0 aromatic rings. The first-order chi connectivity index (χ1) is 7.11. The molecule has 0 aliphatic carbocycles. The summed E-state index contributed by atoms with van der Waals surface area (Å²) < 4.78 is 28.0. The van der Waals surface area contributed by atoms with Crippen molar-refractivity contribution in [2.24, 2.45) is 0 Å². The zero-order valence-corrected chi connectivity index (χ0v) is 10.3. The van der Waals surface area contributed by atoms with Gasteiger partial charge in [0.15, 0.2) is 0 Å². The minimum absolute atomic E-state index is 0.0575. The summed E-state index contributed by atoms with van der Waals surface area (Å²) in [6, 6.07) is 0. The molecule has 0 N–H and O–H groups in total. The summed E-state index contributed by atoms with van der Waals surface area (Å²) in [5, 5.41) is 0.713. The molecule has 0 spiro atoms. The SMILES string of the molecule is CCN(CCBr)C(=O)CCOCC(F)F. The van der Waals surface area contributed by atoms with E-state index in [2.05, 4.69) is 20.7 Å². The van der Waals surface area contributed by atoms with Crippen molar-refractivity contribution in [1.82, 2.24) is 4.90 Å². The third-order valence-electron chi connectivity index (χ3n) is 1.79. The first kappa shape index (κ1) is 14.8. The molecule has 0 bridgehead atoms. The number of carbonyl (C=O) groups is 1. The number of carbonyl (C=O) groups excluding carboxylic acids is 1. The fourth-order valence-corrected chi connectivity index (χ4v) is 1.48. The largest absolute Gasteiger partial charge is 0.375 e. The third kappa shape index (κ3) is 7.67. The van der Waals surface area contributed by atoms with Crippen LogP contribution in [0.4, 0.5) is 8.78 Å². The minimum Gasteiger partial charge on any atom is -0.375 e. The Morgan fingerprint density at radius 3 is 2.67 bits per heavy atom. The van der Waals surface area contributed by atoms with Crippen molar-refractivity contribution in [2.45, 2.75) is 19.8 Å². The maximum absolute atomic E-state index is 11.7. The highest BCUT2D eigenvalue weighted by molar-refractivity contribution is 9.09. The average Bonchev–Trinajstić information content (AvgIpc) is 2.20. The fourth-order valence-electron chi connectivity index (χ4n) is 1.05. The third-order valence-corrected chi connectivity index (χ3v) is 2.15. The quantitative estimate of drug-likeness (QED) is 0.504. The number of amides is 1. The van der Waals surface area contributed by atoms with Crippen LogP contribution in [0.3, 0.4) is 0 Å². The predicted octanol–water partition coefficient (Wildman–Crippen LogP) is 1.90. The van der Waals surface area contributed by atoms with Crippen molar-refractivity contribution in [2.75, 3.05) is 31.6 Å². The van der Waals surface area contributed by atoms with Gasteiger partial charge in [0.25, 0.3) is 6.43 Å². The molecule has 3 nitrogen and oxygen atoms in total. The van der Waals surface area contributed by atoms with Crippen LogP contribution in [-0.2, 0) is 9.53 Å². The van der Waals surface area contributed by atoms with Crippen LogP contribution in [0.15, 0.2) is 0 Å². The lowest BCUT2D eigenvalue weighted by Crippen LogP contribution is -2.33. The Labute approximate surface area is 96.9 Å². The van der Waals surface area contributed by atoms with Gasteiger partial charge in [-0.25, -0.2) is 8.78 Å². The first-order valence-corrected chi connectivity index (χ1v) is 5.93. The second-order valence-electron chi connectivity index (χ2n) is 2.88. The molecule has 0 rings (SSSR count). The van der Waals surface area contributed by atoms with Gasteiger partial charge in [0, 0.05) is 18.4 Å². The summed E-state index contributed by atoms with van der Waals surface area (Å²) in [5.74, 6) is -0.0637. The van der Waals surface area contributed by atoms with E-state index >= 15 is 0 Å². The lowest BCUT2D eigenvalue weighted by Gasteiger charge is -2.19. The maximum Gasteiger partial charge on any atom is 0.261 e. The molecule has 0 aromatic carbocycles. The highest BCUT2D eigenvalue weighted by Crippen LogP contribution is 1.98. The van der Waals surface area contributed by atoms with E-state index in [-0.39, 0.29) is 18.9 Å². The molecule has 0 unspecified atom stereocenters. The standard InChI is InChI=1S/C9H16BrF2NO2/c1-2-13(5-4-10)9(14)3-6-15-7-8(11)12/h8H,2-7H2,1H3. The van der Waals surface area contributed by atoms with Gasteiger partial charge < -0.3 is 9.64 Å². The van der Waals surface area contributed by atoms with E-state index in [9.17, 15) is 13.6 Å². The summed E-state index contributed by atoms with van der Waals surface area (Å²) in [4.78, 5) is 13.1. The molecule has 0 aliphatic rings. The Morgan fingerprint density at radius 1 is 1.53 bits per heavy atom. The van der Waals surface area contributed by atoms with Crippen molar-refractivity contribution in [3.05, 3.63) is 0 Å². The fraction of sp³-hybridized carbons (Fsp3) is 0.889. The smallest absolute Gasteiger partial charge is 0.261 e. The molecular formula is C9H16BrF2NO2. The molecule has 0 aromatic heterocycles. The molecule has 0 radical (unpaired) electrons. The molecule has 0 fully saturated rings. The lowest BCUT2D eigenvalue weighted by atomic mass is 10.3. The van der Waals surface area contributed by atoms with Gasteiger partial charge in [-0.15, -0.1) is 0 Å². The monoisotopic (exact) mass is 287 g/mol. The number of alkyl halides is 3. The van der Waals surface area contributed by atoms with E-state index in [4.69, 9.17) is 0 Å². The summed E-state index contributed by atoms with van der Waals surface area (Å²) >= 11 is 3.24. The zero-order chi connectivity index (χ0) is 11.7. The molecule has 0 saturated carbocycles. The highest BCUT2D eigenvalue weighted by atomic mass is 79.9. The van der Waals surface area contributed by atoms with Crippen molar-refractivity contribution in [3.8, 4) is 0 Å². The van der Waals surface area contributed by atoms with Crippen LogP contribution >= 0.6 is 15.9 Å². The number of hydrogen-bond acceptors (Lipinski definition) is 2. The number of rotatable bonds is 8. The van der Waals surface area contributed by atoms with Crippen LogP contribution < -0.4 is 0 Å². The van der Waals surface area contributed by atoms with E-state index < -0.39 is 13.0 Å². The van der Waals surface area contributed by atoms with Crippen molar-refractivity contribution >= 4 is 21.8 Å². The topological polar surface area (TPSA) is 29.5 Å². The number of hydrogen-bond donors (Lipinski definition) is 0. The zero-order valence-electron chi connectivity index (χ0n) is 8.72. The van der Waals surface area contributed by atoms with Crippen molar-refractivity contribution < 1.29 is 18.3 Å². The Bertz CT molecular complexity index is 181. The van der Waals surface area contributed by atoms with Gasteiger partial charge in [-0.05, 0) is 6.92 Å². The van der Waals surface area contributed by atoms with Gasteiger partial charge in [-0.2, -0.15) is 0 Å². The first-order valence-electron chi connectivity index (χ1n) is 4.81. The second-order valence-corrected chi connectivity index (χ2v) is 3.67. The Kier molecular flexibility index (Phi) is 8.89. The summed E-state index contributed by atoms with van der Waals surface area (Å²) in [7, 11) is 0. The summed E-state index contributed by atoms with van der Waals surface area (Å²) in [6.07, 6.45) is -2.31. The molecule has 0 saturated heterocycles. The average molecular weight is 288 g/mol. The lowest BCUT2D eigenvalue weighted by molar-refractivity contribution is -0.132. The highest BCUT2D eigenvalue weighted by Gasteiger charge is 2.10. The minimum atomic E-state index is -2.47. The molecule has 15 heavy (non-hydrogen) atoms. The van der Waals surface area contributed by atoms with Gasteiger partial charge in [0.1, 0.15) is 6.61 Å². The van der Waals surface area contributed by atoms with E-state index in [1.807, 2.05) is 6.92 Å². The molecule has 0 atom stereocenters. The predicted molar refractivity (Wildman–Crippen MR) is 57.5 cm³/mol. The van der Waals surface area contributed by atoms with E-state index in [1.165, 1.54) is 0 Å². The van der Waals surface area contributed by atoms with Crippen LogP contribution in [0.2, 0.25) is 0 Å².